The van der Waals surface area contributed by atoms with Crippen LogP contribution in [-0.2, 0) is 21.0 Å². The topological polar surface area (TPSA) is 90.7 Å². The fourth-order valence-corrected chi connectivity index (χ4v) is 7.02. The van der Waals surface area contributed by atoms with Crippen molar-refractivity contribution in [3.05, 3.63) is 88.2 Å². The van der Waals surface area contributed by atoms with E-state index in [1.165, 1.54) is 35.2 Å². The Bertz CT molecular complexity index is 1760. The third-order valence-corrected chi connectivity index (χ3v) is 9.59. The van der Waals surface area contributed by atoms with Gasteiger partial charge in [0.15, 0.2) is 0 Å². The van der Waals surface area contributed by atoms with Crippen LogP contribution in [0.4, 0.5) is 23.2 Å². The lowest BCUT2D eigenvalue weighted by Gasteiger charge is -2.37. The maximum Gasteiger partial charge on any atom is 0.416 e. The molecule has 0 unspecified atom stereocenters. The van der Waals surface area contributed by atoms with E-state index in [0.717, 1.165) is 22.5 Å². The maximum atomic E-state index is 14.5. The van der Waals surface area contributed by atoms with Gasteiger partial charge in [-0.3, -0.25) is 9.10 Å². The van der Waals surface area contributed by atoms with Crippen LogP contribution in [-0.4, -0.2) is 45.0 Å². The van der Waals surface area contributed by atoms with Gasteiger partial charge < -0.3 is 9.64 Å². The van der Waals surface area contributed by atoms with Gasteiger partial charge in [-0.15, -0.1) is 0 Å². The van der Waals surface area contributed by atoms with Crippen molar-refractivity contribution in [2.75, 3.05) is 23.9 Å². The second kappa shape index (κ2) is 12.1. The molecular formula is C31H26ClF4N3O4S. The first kappa shape index (κ1) is 31.3. The zero-order valence-electron chi connectivity index (χ0n) is 23.3. The average molecular weight is 648 g/mol. The lowest BCUT2D eigenvalue weighted by atomic mass is 10.0. The average Bonchev–Trinajstić information content (AvgIpc) is 2.94. The number of likely N-dealkylation sites (tertiary alicyclic amines) is 1. The minimum absolute atomic E-state index is 0.0268. The predicted octanol–water partition coefficient (Wildman–Crippen LogP) is 6.78. The number of anilines is 1. The molecule has 230 valence electrons. The van der Waals surface area contributed by atoms with Crippen molar-refractivity contribution >= 4 is 44.9 Å². The van der Waals surface area contributed by atoms with Gasteiger partial charge in [0, 0.05) is 25.1 Å². The molecule has 3 aromatic carbocycles. The Kier molecular flexibility index (Phi) is 8.64. The third-order valence-electron chi connectivity index (χ3n) is 7.50. The Morgan fingerprint density at radius 1 is 1.11 bits per heavy atom. The molecule has 0 radical (unpaired) electrons. The summed E-state index contributed by atoms with van der Waals surface area (Å²) in [5, 5.41) is 9.15. The van der Waals surface area contributed by atoms with Crippen LogP contribution in [0.15, 0.2) is 65.6 Å². The number of ether oxygens (including phenoxy) is 1. The number of rotatable bonds is 7. The molecule has 13 heteroatoms. The lowest BCUT2D eigenvalue weighted by Crippen LogP contribution is -2.50. The SMILES string of the molecule is C/C(=C\c1ccc2c(c1)N(S(=O)(=O)c1cccc(C(F)(F)F)c1)C[C@H](CCC(=O)N1CC(C#N)C1)O2)c1c(F)cccc1Cl. The van der Waals surface area contributed by atoms with Crippen LogP contribution < -0.4 is 9.04 Å². The van der Waals surface area contributed by atoms with Crippen LogP contribution in [0.5, 0.6) is 5.75 Å². The Labute approximate surface area is 257 Å². The number of hydrogen-bond donors (Lipinski definition) is 0. The summed E-state index contributed by atoms with van der Waals surface area (Å²) in [4.78, 5) is 13.6. The summed E-state index contributed by atoms with van der Waals surface area (Å²) in [7, 11) is -4.54. The molecule has 1 saturated heterocycles. The minimum Gasteiger partial charge on any atom is -0.486 e. The van der Waals surface area contributed by atoms with Gasteiger partial charge in [-0.2, -0.15) is 18.4 Å². The van der Waals surface area contributed by atoms with E-state index in [-0.39, 0.29) is 53.2 Å². The van der Waals surface area contributed by atoms with Gasteiger partial charge >= 0.3 is 6.18 Å². The molecule has 7 nitrogen and oxygen atoms in total. The molecule has 2 aliphatic heterocycles. The number of fused-ring (bicyclic) bond motifs is 1. The molecule has 1 fully saturated rings. The van der Waals surface area contributed by atoms with Crippen LogP contribution in [0.1, 0.15) is 36.5 Å². The van der Waals surface area contributed by atoms with Crippen molar-refractivity contribution in [2.24, 2.45) is 5.92 Å². The lowest BCUT2D eigenvalue weighted by molar-refractivity contribution is -0.138. The fourth-order valence-electron chi connectivity index (χ4n) is 5.16. The molecule has 1 amide bonds. The van der Waals surface area contributed by atoms with Crippen molar-refractivity contribution in [2.45, 2.75) is 36.9 Å². The first-order valence-electron chi connectivity index (χ1n) is 13.6. The zero-order valence-corrected chi connectivity index (χ0v) is 24.9. The normalized spacial score (nSPS) is 17.4. The molecule has 2 aliphatic rings. The summed E-state index contributed by atoms with van der Waals surface area (Å²) in [6, 6.07) is 14.5. The molecule has 0 saturated carbocycles. The number of halogens is 5. The fraction of sp³-hybridized carbons (Fsp3) is 0.290. The van der Waals surface area contributed by atoms with Crippen LogP contribution >= 0.6 is 11.6 Å². The van der Waals surface area contributed by atoms with Crippen molar-refractivity contribution < 1.29 is 35.5 Å². The number of carbonyl (C=O) groups excluding carboxylic acids is 1. The molecule has 1 atom stereocenters. The highest BCUT2D eigenvalue weighted by atomic mass is 35.5. The van der Waals surface area contributed by atoms with Crippen LogP contribution in [0.3, 0.4) is 0 Å². The number of allylic oxidation sites excluding steroid dienone is 1. The van der Waals surface area contributed by atoms with E-state index in [2.05, 4.69) is 6.07 Å². The minimum atomic E-state index is -4.76. The van der Waals surface area contributed by atoms with E-state index in [9.17, 15) is 30.8 Å². The molecule has 0 bridgehead atoms. The summed E-state index contributed by atoms with van der Waals surface area (Å²) in [5.41, 5.74) is 0.0498. The molecule has 2 heterocycles. The summed E-state index contributed by atoms with van der Waals surface area (Å²) in [5.74, 6) is -0.816. The number of hydrogen-bond acceptors (Lipinski definition) is 5. The molecule has 0 aromatic heterocycles. The molecule has 5 rings (SSSR count). The van der Waals surface area contributed by atoms with Gasteiger partial charge in [-0.1, -0.05) is 35.9 Å². The van der Waals surface area contributed by atoms with Crippen molar-refractivity contribution in [1.29, 1.82) is 5.26 Å². The molecule has 44 heavy (non-hydrogen) atoms. The number of nitriles is 1. The van der Waals surface area contributed by atoms with Crippen molar-refractivity contribution in [3.8, 4) is 11.8 Å². The number of nitrogens with zero attached hydrogens (tertiary/aromatic N) is 3. The quantitative estimate of drug-likeness (QED) is 0.208. The van der Waals surface area contributed by atoms with E-state index < -0.39 is 38.6 Å². The summed E-state index contributed by atoms with van der Waals surface area (Å²) < 4.78 is 89.8. The Morgan fingerprint density at radius 2 is 1.84 bits per heavy atom. The maximum absolute atomic E-state index is 14.5. The summed E-state index contributed by atoms with van der Waals surface area (Å²) in [6.45, 7) is 2.02. The van der Waals surface area contributed by atoms with E-state index in [1.807, 2.05) is 0 Å². The smallest absolute Gasteiger partial charge is 0.416 e. The van der Waals surface area contributed by atoms with Gasteiger partial charge in [0.2, 0.25) is 5.91 Å². The molecule has 0 spiro atoms. The van der Waals surface area contributed by atoms with E-state index in [1.54, 1.807) is 19.1 Å². The molecule has 3 aromatic rings. The van der Waals surface area contributed by atoms with E-state index in [0.29, 0.717) is 30.3 Å². The monoisotopic (exact) mass is 647 g/mol. The predicted molar refractivity (Wildman–Crippen MR) is 157 cm³/mol. The van der Waals surface area contributed by atoms with Crippen LogP contribution in [0.25, 0.3) is 11.6 Å². The third kappa shape index (κ3) is 6.39. The largest absolute Gasteiger partial charge is 0.486 e. The molecule has 0 aliphatic carbocycles. The van der Waals surface area contributed by atoms with Crippen molar-refractivity contribution in [1.82, 2.24) is 4.90 Å². The Balaban J connectivity index is 1.49. The summed E-state index contributed by atoms with van der Waals surface area (Å²) >= 11 is 6.21. The van der Waals surface area contributed by atoms with E-state index in [4.69, 9.17) is 21.6 Å². The number of alkyl halides is 3. The Morgan fingerprint density at radius 3 is 2.52 bits per heavy atom. The highest BCUT2D eigenvalue weighted by molar-refractivity contribution is 7.92. The van der Waals surface area contributed by atoms with Crippen molar-refractivity contribution in [3.63, 3.8) is 0 Å². The standard InChI is InChI=1S/C31H26ClF4N3O4S/c1-19(30-25(32)6-3-7-26(30)33)12-20-8-10-28-27(13-20)39(44(41,42)24-5-2-4-22(14-24)31(34,35)36)18-23(43-28)9-11-29(40)38-16-21(15-37)17-38/h2-8,10,12-14,21,23H,9,11,16-18H2,1H3/b19-12+/t23-/m0/s1. The first-order valence-corrected chi connectivity index (χ1v) is 15.4. The van der Waals surface area contributed by atoms with E-state index >= 15 is 0 Å². The highest BCUT2D eigenvalue weighted by Gasteiger charge is 2.38. The second-order valence-corrected chi connectivity index (χ2v) is 12.9. The summed E-state index contributed by atoms with van der Waals surface area (Å²) in [6.07, 6.45) is -3.79. The highest BCUT2D eigenvalue weighted by Crippen LogP contribution is 2.40. The van der Waals surface area contributed by atoms with Crippen LogP contribution in [0, 0.1) is 23.1 Å². The molecular weight excluding hydrogens is 622 g/mol. The molecule has 0 N–H and O–H groups in total. The number of benzene rings is 3. The Hall–Kier alpha value is -4.08. The van der Waals surface area contributed by atoms with Crippen LogP contribution in [0.2, 0.25) is 5.02 Å². The van der Waals surface area contributed by atoms with Gasteiger partial charge in [0.05, 0.1) is 39.7 Å². The van der Waals surface area contributed by atoms with Gasteiger partial charge in [0.1, 0.15) is 17.7 Å². The first-order chi connectivity index (χ1) is 20.8. The second-order valence-electron chi connectivity index (χ2n) is 10.6. The van der Waals surface area contributed by atoms with Gasteiger partial charge in [-0.25, -0.2) is 12.8 Å². The number of sulfonamides is 1. The van der Waals surface area contributed by atoms with Gasteiger partial charge in [0.25, 0.3) is 10.0 Å². The zero-order chi connectivity index (χ0) is 31.8. The number of amides is 1. The van der Waals surface area contributed by atoms with Gasteiger partial charge in [-0.05, 0) is 66.9 Å². The number of carbonyl (C=O) groups is 1.